The molecule has 1 unspecified atom stereocenters. The molecule has 3 aromatic rings. The second-order valence-corrected chi connectivity index (χ2v) is 7.02. The standard InChI is InChI=1S/C23H22N2O5/c26-22(28-14-17-8-3-1-4-9-17)20-21(30-16-24-20)19-12-7-13-25(19)23(27)29-15-18-10-5-2-6-11-18/h1-6,8-11,16,19H,7,12-15H2. The lowest BCUT2D eigenvalue weighted by molar-refractivity contribution is 0.0457. The first-order chi connectivity index (χ1) is 14.7. The number of rotatable bonds is 6. The Bertz CT molecular complexity index is 987. The van der Waals surface area contributed by atoms with Gasteiger partial charge >= 0.3 is 12.1 Å². The van der Waals surface area contributed by atoms with Crippen molar-refractivity contribution in [2.45, 2.75) is 32.1 Å². The lowest BCUT2D eigenvalue weighted by atomic mass is 10.1. The molecule has 30 heavy (non-hydrogen) atoms. The summed E-state index contributed by atoms with van der Waals surface area (Å²) in [5.41, 5.74) is 1.88. The normalized spacial score (nSPS) is 15.7. The van der Waals surface area contributed by atoms with Gasteiger partial charge in [-0.2, -0.15) is 0 Å². The van der Waals surface area contributed by atoms with Crippen molar-refractivity contribution in [3.63, 3.8) is 0 Å². The zero-order chi connectivity index (χ0) is 20.8. The predicted molar refractivity (Wildman–Crippen MR) is 107 cm³/mol. The molecule has 0 aliphatic carbocycles. The molecule has 7 nitrogen and oxygen atoms in total. The summed E-state index contributed by atoms with van der Waals surface area (Å²) in [6.07, 6.45) is 2.21. The van der Waals surface area contributed by atoms with Crippen LogP contribution in [0.1, 0.15) is 46.3 Å². The molecule has 1 atom stereocenters. The van der Waals surface area contributed by atoms with Gasteiger partial charge in [-0.1, -0.05) is 60.7 Å². The Labute approximate surface area is 174 Å². The number of esters is 1. The predicted octanol–water partition coefficient (Wildman–Crippen LogP) is 4.51. The molecular weight excluding hydrogens is 384 g/mol. The zero-order valence-corrected chi connectivity index (χ0v) is 16.4. The minimum absolute atomic E-state index is 0.0960. The second-order valence-electron chi connectivity index (χ2n) is 7.02. The van der Waals surface area contributed by atoms with Crippen LogP contribution in [0.2, 0.25) is 0 Å². The van der Waals surface area contributed by atoms with E-state index < -0.39 is 18.1 Å². The van der Waals surface area contributed by atoms with Crippen molar-refractivity contribution in [2.75, 3.05) is 6.54 Å². The minimum Gasteiger partial charge on any atom is -0.456 e. The first-order valence-electron chi connectivity index (χ1n) is 9.84. The fourth-order valence-corrected chi connectivity index (χ4v) is 3.50. The minimum atomic E-state index is -0.577. The number of hydrogen-bond acceptors (Lipinski definition) is 6. The van der Waals surface area contributed by atoms with Gasteiger partial charge in [0.25, 0.3) is 0 Å². The van der Waals surface area contributed by atoms with E-state index in [4.69, 9.17) is 13.9 Å². The summed E-state index contributed by atoms with van der Waals surface area (Å²) >= 11 is 0. The van der Waals surface area contributed by atoms with E-state index >= 15 is 0 Å². The van der Waals surface area contributed by atoms with E-state index in [0.29, 0.717) is 18.7 Å². The Morgan fingerprint density at radius 3 is 2.27 bits per heavy atom. The van der Waals surface area contributed by atoms with Crippen molar-refractivity contribution in [3.8, 4) is 0 Å². The van der Waals surface area contributed by atoms with Crippen LogP contribution in [0.15, 0.2) is 71.5 Å². The van der Waals surface area contributed by atoms with Gasteiger partial charge in [-0.3, -0.25) is 4.90 Å². The smallest absolute Gasteiger partial charge is 0.410 e. The zero-order valence-electron chi connectivity index (χ0n) is 16.4. The Balaban J connectivity index is 1.41. The van der Waals surface area contributed by atoms with Crippen LogP contribution < -0.4 is 0 Å². The summed E-state index contributed by atoms with van der Waals surface area (Å²) in [5.74, 6) is -0.241. The third kappa shape index (κ3) is 4.51. The van der Waals surface area contributed by atoms with Crippen LogP contribution in [0.5, 0.6) is 0 Å². The third-order valence-corrected chi connectivity index (χ3v) is 5.00. The van der Waals surface area contributed by atoms with E-state index in [1.54, 1.807) is 4.90 Å². The van der Waals surface area contributed by atoms with Crippen LogP contribution in [0.3, 0.4) is 0 Å². The van der Waals surface area contributed by atoms with Crippen molar-refractivity contribution in [1.29, 1.82) is 0 Å². The van der Waals surface area contributed by atoms with Gasteiger partial charge in [0.1, 0.15) is 13.2 Å². The van der Waals surface area contributed by atoms with Crippen LogP contribution in [0, 0.1) is 0 Å². The van der Waals surface area contributed by atoms with E-state index in [1.807, 2.05) is 60.7 Å². The molecule has 7 heteroatoms. The number of nitrogens with zero attached hydrogens (tertiary/aromatic N) is 2. The highest BCUT2D eigenvalue weighted by molar-refractivity contribution is 5.88. The number of amides is 1. The topological polar surface area (TPSA) is 81.9 Å². The van der Waals surface area contributed by atoms with Crippen LogP contribution in [0.4, 0.5) is 4.79 Å². The molecule has 2 heterocycles. The quantitative estimate of drug-likeness (QED) is 0.561. The number of hydrogen-bond donors (Lipinski definition) is 0. The number of oxazole rings is 1. The maximum absolute atomic E-state index is 12.6. The molecule has 1 aromatic heterocycles. The summed E-state index contributed by atoms with van der Waals surface area (Å²) in [5, 5.41) is 0. The van der Waals surface area contributed by atoms with Crippen molar-refractivity contribution in [2.24, 2.45) is 0 Å². The maximum Gasteiger partial charge on any atom is 0.410 e. The summed E-state index contributed by atoms with van der Waals surface area (Å²) in [6, 6.07) is 18.5. The lowest BCUT2D eigenvalue weighted by Gasteiger charge is -2.22. The summed E-state index contributed by atoms with van der Waals surface area (Å²) in [4.78, 5) is 30.8. The SMILES string of the molecule is O=C(OCc1ccccc1)c1ncoc1C1CCCN1C(=O)OCc1ccccc1. The molecule has 1 saturated heterocycles. The molecule has 0 radical (unpaired) electrons. The molecule has 1 aliphatic rings. The van der Waals surface area contributed by atoms with Gasteiger partial charge in [0.15, 0.2) is 17.8 Å². The Hall–Kier alpha value is -3.61. The highest BCUT2D eigenvalue weighted by Gasteiger charge is 2.37. The van der Waals surface area contributed by atoms with Gasteiger partial charge in [0.05, 0.1) is 6.04 Å². The molecule has 2 aromatic carbocycles. The highest BCUT2D eigenvalue weighted by Crippen LogP contribution is 2.34. The summed E-state index contributed by atoms with van der Waals surface area (Å²) in [6.45, 7) is 0.849. The molecular formula is C23H22N2O5. The lowest BCUT2D eigenvalue weighted by Crippen LogP contribution is -2.31. The highest BCUT2D eigenvalue weighted by atomic mass is 16.6. The molecule has 0 saturated carbocycles. The average Bonchev–Trinajstić information content (AvgIpc) is 3.46. The van der Waals surface area contributed by atoms with Gasteiger partial charge in [-0.15, -0.1) is 0 Å². The summed E-state index contributed by atoms with van der Waals surface area (Å²) < 4.78 is 16.3. The first-order valence-corrected chi connectivity index (χ1v) is 9.84. The molecule has 4 rings (SSSR count). The molecule has 0 N–H and O–H groups in total. The third-order valence-electron chi connectivity index (χ3n) is 5.00. The molecule has 1 aliphatic heterocycles. The fourth-order valence-electron chi connectivity index (χ4n) is 3.50. The molecule has 1 amide bonds. The van der Waals surface area contributed by atoms with E-state index in [9.17, 15) is 9.59 Å². The number of likely N-dealkylation sites (tertiary alicyclic amines) is 1. The van der Waals surface area contributed by atoms with Crippen LogP contribution in [0.25, 0.3) is 0 Å². The van der Waals surface area contributed by atoms with Gasteiger partial charge in [-0.05, 0) is 24.0 Å². The van der Waals surface area contributed by atoms with Crippen molar-refractivity contribution >= 4 is 12.1 Å². The number of ether oxygens (including phenoxy) is 2. The fraction of sp³-hybridized carbons (Fsp3) is 0.261. The Morgan fingerprint density at radius 1 is 0.967 bits per heavy atom. The second kappa shape index (κ2) is 9.26. The van der Waals surface area contributed by atoms with Gasteiger partial charge in [-0.25, -0.2) is 14.6 Å². The number of carbonyl (C=O) groups excluding carboxylic acids is 2. The number of aromatic nitrogens is 1. The van der Waals surface area contributed by atoms with E-state index in [1.165, 1.54) is 6.39 Å². The van der Waals surface area contributed by atoms with E-state index in [-0.39, 0.29) is 18.9 Å². The van der Waals surface area contributed by atoms with Crippen molar-refractivity contribution in [1.82, 2.24) is 9.88 Å². The molecule has 0 bridgehead atoms. The number of benzene rings is 2. The molecule has 1 fully saturated rings. The molecule has 154 valence electrons. The van der Waals surface area contributed by atoms with E-state index in [2.05, 4.69) is 4.98 Å². The Morgan fingerprint density at radius 2 is 1.60 bits per heavy atom. The van der Waals surface area contributed by atoms with Crippen LogP contribution >= 0.6 is 0 Å². The van der Waals surface area contributed by atoms with Crippen LogP contribution in [-0.4, -0.2) is 28.5 Å². The number of carbonyl (C=O) groups is 2. The maximum atomic E-state index is 12.6. The first kappa shape index (κ1) is 19.7. The van der Waals surface area contributed by atoms with Gasteiger partial charge < -0.3 is 13.9 Å². The largest absolute Gasteiger partial charge is 0.456 e. The average molecular weight is 406 g/mol. The van der Waals surface area contributed by atoms with Crippen molar-refractivity contribution in [3.05, 3.63) is 89.6 Å². The van der Waals surface area contributed by atoms with Gasteiger partial charge in [0, 0.05) is 6.54 Å². The summed E-state index contributed by atoms with van der Waals surface area (Å²) in [7, 11) is 0. The van der Waals surface area contributed by atoms with Crippen LogP contribution in [-0.2, 0) is 22.7 Å². The molecule has 0 spiro atoms. The Kier molecular flexibility index (Phi) is 6.08. The van der Waals surface area contributed by atoms with Gasteiger partial charge in [0.2, 0.25) is 0 Å². The van der Waals surface area contributed by atoms with Crippen molar-refractivity contribution < 1.29 is 23.5 Å². The monoisotopic (exact) mass is 406 g/mol. The van der Waals surface area contributed by atoms with E-state index in [0.717, 1.165) is 17.5 Å².